The zero-order valence-electron chi connectivity index (χ0n) is 15.2. The molecule has 0 N–H and O–H groups in total. The van der Waals surface area contributed by atoms with Gasteiger partial charge in [0.1, 0.15) is 5.75 Å². The largest absolute Gasteiger partial charge is 0.481 e. The van der Waals surface area contributed by atoms with Gasteiger partial charge in [0.05, 0.1) is 0 Å². The van der Waals surface area contributed by atoms with E-state index in [-0.39, 0.29) is 5.91 Å². The molecule has 0 aliphatic heterocycles. The highest BCUT2D eigenvalue weighted by molar-refractivity contribution is 9.10. The summed E-state index contributed by atoms with van der Waals surface area (Å²) in [4.78, 5) is 15.0. The summed E-state index contributed by atoms with van der Waals surface area (Å²) in [5.74, 6) is 0.643. The summed E-state index contributed by atoms with van der Waals surface area (Å²) in [5, 5.41) is 0. The predicted molar refractivity (Wildman–Crippen MR) is 111 cm³/mol. The minimum Gasteiger partial charge on any atom is -0.481 e. The van der Waals surface area contributed by atoms with Crippen LogP contribution >= 0.6 is 15.9 Å². The average Bonchev–Trinajstić information content (AvgIpc) is 2.70. The van der Waals surface area contributed by atoms with Crippen LogP contribution in [0.4, 0.5) is 0 Å². The summed E-state index contributed by atoms with van der Waals surface area (Å²) in [6, 6.07) is 27.6. The summed E-state index contributed by atoms with van der Waals surface area (Å²) in [6.45, 7) is 2.89. The van der Waals surface area contributed by atoms with Gasteiger partial charge in [-0.3, -0.25) is 4.79 Å². The Kier molecular flexibility index (Phi) is 6.66. The van der Waals surface area contributed by atoms with Crippen LogP contribution in [-0.2, 0) is 17.9 Å². The van der Waals surface area contributed by atoms with E-state index >= 15 is 0 Å². The fraction of sp³-hybridized carbons (Fsp3) is 0.174. The summed E-state index contributed by atoms with van der Waals surface area (Å²) in [5.41, 5.74) is 2.19. The molecule has 0 spiro atoms. The van der Waals surface area contributed by atoms with E-state index in [1.165, 1.54) is 0 Å². The van der Waals surface area contributed by atoms with Crippen molar-refractivity contribution in [3.05, 3.63) is 101 Å². The van der Waals surface area contributed by atoms with Gasteiger partial charge >= 0.3 is 0 Å². The quantitative estimate of drug-likeness (QED) is 0.505. The number of ether oxygens (including phenoxy) is 1. The molecular weight excluding hydrogens is 402 g/mol. The van der Waals surface area contributed by atoms with Crippen LogP contribution in [0.15, 0.2) is 89.4 Å². The van der Waals surface area contributed by atoms with E-state index in [0.29, 0.717) is 18.8 Å². The molecule has 3 aromatic rings. The second kappa shape index (κ2) is 9.38. The van der Waals surface area contributed by atoms with Crippen molar-refractivity contribution in [3.63, 3.8) is 0 Å². The number of nitrogens with zero attached hydrogens (tertiary/aromatic N) is 1. The first-order valence-electron chi connectivity index (χ1n) is 8.90. The number of benzene rings is 3. The van der Waals surface area contributed by atoms with Crippen LogP contribution in [0, 0.1) is 0 Å². The highest BCUT2D eigenvalue weighted by Gasteiger charge is 2.22. The molecule has 138 valence electrons. The van der Waals surface area contributed by atoms with Crippen LogP contribution < -0.4 is 4.74 Å². The van der Waals surface area contributed by atoms with E-state index in [1.54, 1.807) is 6.92 Å². The smallest absolute Gasteiger partial charge is 0.263 e. The van der Waals surface area contributed by atoms with E-state index in [0.717, 1.165) is 15.6 Å². The van der Waals surface area contributed by atoms with E-state index in [9.17, 15) is 4.79 Å². The normalized spacial score (nSPS) is 11.6. The molecule has 3 aromatic carbocycles. The van der Waals surface area contributed by atoms with Gasteiger partial charge in [0, 0.05) is 17.6 Å². The predicted octanol–water partition coefficient (Wildman–Crippen LogP) is 5.45. The fourth-order valence-corrected chi connectivity index (χ4v) is 3.11. The third-order valence-electron chi connectivity index (χ3n) is 4.22. The Morgan fingerprint density at radius 1 is 0.852 bits per heavy atom. The number of carbonyl (C=O) groups is 1. The number of halogens is 1. The van der Waals surface area contributed by atoms with Crippen LogP contribution in [0.25, 0.3) is 0 Å². The van der Waals surface area contributed by atoms with Gasteiger partial charge in [-0.05, 0) is 42.3 Å². The number of hydrogen-bond donors (Lipinski definition) is 0. The first-order valence-corrected chi connectivity index (χ1v) is 9.70. The zero-order chi connectivity index (χ0) is 19.1. The molecule has 4 heteroatoms. The molecule has 0 heterocycles. The molecule has 0 bridgehead atoms. The first kappa shape index (κ1) is 19.2. The molecule has 0 fully saturated rings. The maximum Gasteiger partial charge on any atom is 0.263 e. The lowest BCUT2D eigenvalue weighted by Gasteiger charge is -2.26. The van der Waals surface area contributed by atoms with Crippen molar-refractivity contribution in [1.82, 2.24) is 4.90 Å². The maximum absolute atomic E-state index is 13.1. The highest BCUT2D eigenvalue weighted by atomic mass is 79.9. The number of hydrogen-bond acceptors (Lipinski definition) is 2. The van der Waals surface area contributed by atoms with E-state index in [2.05, 4.69) is 15.9 Å². The van der Waals surface area contributed by atoms with E-state index in [4.69, 9.17) is 4.74 Å². The monoisotopic (exact) mass is 423 g/mol. The van der Waals surface area contributed by atoms with Gasteiger partial charge in [-0.25, -0.2) is 0 Å². The standard InChI is InChI=1S/C23H22BrNO2/c1-18(27-22-14-12-21(24)13-15-22)23(26)25(16-19-8-4-2-5-9-19)17-20-10-6-3-7-11-20/h2-15,18H,16-17H2,1H3. The molecule has 3 rings (SSSR count). The first-order chi connectivity index (χ1) is 13.1. The lowest BCUT2D eigenvalue weighted by atomic mass is 10.1. The van der Waals surface area contributed by atoms with Crippen molar-refractivity contribution in [1.29, 1.82) is 0 Å². The second-order valence-corrected chi connectivity index (χ2v) is 7.30. The number of amides is 1. The van der Waals surface area contributed by atoms with Gasteiger partial charge in [0.25, 0.3) is 5.91 Å². The minimum atomic E-state index is -0.571. The summed E-state index contributed by atoms with van der Waals surface area (Å²) >= 11 is 3.41. The van der Waals surface area contributed by atoms with Crippen molar-refractivity contribution in [2.45, 2.75) is 26.1 Å². The molecule has 1 atom stereocenters. The van der Waals surface area contributed by atoms with Gasteiger partial charge in [0.2, 0.25) is 0 Å². The Hall–Kier alpha value is -2.59. The summed E-state index contributed by atoms with van der Waals surface area (Å²) < 4.78 is 6.85. The molecule has 0 radical (unpaired) electrons. The topological polar surface area (TPSA) is 29.5 Å². The zero-order valence-corrected chi connectivity index (χ0v) is 16.8. The lowest BCUT2D eigenvalue weighted by Crippen LogP contribution is -2.39. The van der Waals surface area contributed by atoms with Gasteiger partial charge in [-0.2, -0.15) is 0 Å². The third-order valence-corrected chi connectivity index (χ3v) is 4.75. The minimum absolute atomic E-state index is 0.0365. The molecule has 0 aromatic heterocycles. The van der Waals surface area contributed by atoms with Gasteiger partial charge in [-0.15, -0.1) is 0 Å². The highest BCUT2D eigenvalue weighted by Crippen LogP contribution is 2.19. The van der Waals surface area contributed by atoms with Crippen molar-refractivity contribution in [2.75, 3.05) is 0 Å². The van der Waals surface area contributed by atoms with E-state index in [1.807, 2.05) is 89.8 Å². The van der Waals surface area contributed by atoms with Gasteiger partial charge < -0.3 is 9.64 Å². The van der Waals surface area contributed by atoms with Crippen molar-refractivity contribution in [2.24, 2.45) is 0 Å². The van der Waals surface area contributed by atoms with Crippen LogP contribution in [0.3, 0.4) is 0 Å². The van der Waals surface area contributed by atoms with E-state index < -0.39 is 6.10 Å². The Labute approximate surface area is 168 Å². The maximum atomic E-state index is 13.1. The Bertz CT molecular complexity index is 809. The average molecular weight is 424 g/mol. The molecule has 0 saturated heterocycles. The number of carbonyl (C=O) groups excluding carboxylic acids is 1. The van der Waals surface area contributed by atoms with Crippen molar-refractivity contribution < 1.29 is 9.53 Å². The SMILES string of the molecule is CC(Oc1ccc(Br)cc1)C(=O)N(Cc1ccccc1)Cc1ccccc1. The van der Waals surface area contributed by atoms with Crippen LogP contribution in [-0.4, -0.2) is 16.9 Å². The lowest BCUT2D eigenvalue weighted by molar-refractivity contribution is -0.139. The van der Waals surface area contributed by atoms with Crippen LogP contribution in [0.2, 0.25) is 0 Å². The number of rotatable bonds is 7. The summed E-state index contributed by atoms with van der Waals surface area (Å²) in [6.07, 6.45) is -0.571. The molecule has 3 nitrogen and oxygen atoms in total. The van der Waals surface area contributed by atoms with Crippen LogP contribution in [0.5, 0.6) is 5.75 Å². The molecule has 1 amide bonds. The van der Waals surface area contributed by atoms with Crippen molar-refractivity contribution in [3.8, 4) is 5.75 Å². The molecule has 1 unspecified atom stereocenters. The third kappa shape index (κ3) is 5.69. The molecule has 27 heavy (non-hydrogen) atoms. The Balaban J connectivity index is 1.75. The molecule has 0 aliphatic carbocycles. The Morgan fingerprint density at radius 3 is 1.81 bits per heavy atom. The Morgan fingerprint density at radius 2 is 1.33 bits per heavy atom. The summed E-state index contributed by atoms with van der Waals surface area (Å²) in [7, 11) is 0. The second-order valence-electron chi connectivity index (χ2n) is 6.38. The van der Waals surface area contributed by atoms with Crippen LogP contribution in [0.1, 0.15) is 18.1 Å². The molecule has 0 aliphatic rings. The van der Waals surface area contributed by atoms with Crippen molar-refractivity contribution >= 4 is 21.8 Å². The molecular formula is C23H22BrNO2. The van der Waals surface area contributed by atoms with Gasteiger partial charge in [0.15, 0.2) is 6.10 Å². The van der Waals surface area contributed by atoms with Gasteiger partial charge in [-0.1, -0.05) is 76.6 Å². The fourth-order valence-electron chi connectivity index (χ4n) is 2.84. The molecule has 0 saturated carbocycles.